The fraction of sp³-hybridized carbons (Fsp3) is 0.150. The van der Waals surface area contributed by atoms with Gasteiger partial charge in [-0.05, 0) is 43.3 Å². The molecule has 0 radical (unpaired) electrons. The van der Waals surface area contributed by atoms with Crippen molar-refractivity contribution in [1.82, 2.24) is 9.71 Å². The van der Waals surface area contributed by atoms with E-state index in [1.807, 2.05) is 24.3 Å². The average molecular weight is 462 g/mol. The van der Waals surface area contributed by atoms with E-state index < -0.39 is 15.9 Å². The van der Waals surface area contributed by atoms with Crippen molar-refractivity contribution in [3.05, 3.63) is 60.7 Å². The van der Waals surface area contributed by atoms with Gasteiger partial charge >= 0.3 is 0 Å². The third kappa shape index (κ3) is 5.68. The second-order valence-electron chi connectivity index (χ2n) is 6.33. The fourth-order valence-electron chi connectivity index (χ4n) is 2.36. The lowest BCUT2D eigenvalue weighted by Crippen LogP contribution is -2.30. The maximum atomic E-state index is 12.4. The average Bonchev–Trinajstić information content (AvgIpc) is 3.10. The molecule has 0 aliphatic heterocycles. The zero-order chi connectivity index (χ0) is 21.7. The normalized spacial score (nSPS) is 11.2. The molecule has 0 spiro atoms. The van der Waals surface area contributed by atoms with Gasteiger partial charge in [0.2, 0.25) is 5.91 Å². The van der Waals surface area contributed by atoms with Crippen molar-refractivity contribution in [1.29, 1.82) is 0 Å². The number of para-hydroxylation sites is 1. The number of fused-ring (bicyclic) bond motifs is 1. The van der Waals surface area contributed by atoms with Gasteiger partial charge < -0.3 is 5.32 Å². The van der Waals surface area contributed by atoms with E-state index in [0.717, 1.165) is 14.6 Å². The molecule has 0 fully saturated rings. The van der Waals surface area contributed by atoms with Crippen LogP contribution in [0.3, 0.4) is 0 Å². The van der Waals surface area contributed by atoms with Gasteiger partial charge in [0.1, 0.15) is 0 Å². The maximum absolute atomic E-state index is 12.4. The van der Waals surface area contributed by atoms with E-state index in [4.69, 9.17) is 0 Å². The van der Waals surface area contributed by atoms with Crippen LogP contribution in [0.4, 0.5) is 5.69 Å². The minimum absolute atomic E-state index is 0.0343. The number of thiazole rings is 1. The van der Waals surface area contributed by atoms with Crippen molar-refractivity contribution in [3.8, 4) is 0 Å². The standard InChI is InChI=1S/C20H19N3O4S3/c1-13(2)19(25)21-14-7-9-15(10-8-14)30(26,27)23-18(24)11-12-28-20-22-16-5-3-4-6-17(16)29-20/h3-10H,1,11-12H2,2H3,(H,21,25)(H,23,24). The molecule has 156 valence electrons. The SMILES string of the molecule is C=C(C)C(=O)Nc1ccc(S(=O)(=O)NC(=O)CCSc2nc3ccccc3s2)cc1. The number of benzene rings is 2. The minimum atomic E-state index is -3.99. The van der Waals surface area contributed by atoms with Crippen LogP contribution in [0.15, 0.2) is 69.9 Å². The Labute approximate surface area is 182 Å². The van der Waals surface area contributed by atoms with Crippen LogP contribution in [0.1, 0.15) is 13.3 Å². The molecule has 10 heteroatoms. The summed E-state index contributed by atoms with van der Waals surface area (Å²) in [7, 11) is -3.99. The van der Waals surface area contributed by atoms with E-state index in [-0.39, 0.29) is 17.2 Å². The molecule has 3 aromatic rings. The zero-order valence-corrected chi connectivity index (χ0v) is 18.5. The van der Waals surface area contributed by atoms with Gasteiger partial charge in [-0.2, -0.15) is 0 Å². The van der Waals surface area contributed by atoms with Crippen LogP contribution in [-0.4, -0.2) is 31.0 Å². The molecule has 0 aliphatic rings. The lowest BCUT2D eigenvalue weighted by atomic mass is 10.3. The number of thioether (sulfide) groups is 1. The van der Waals surface area contributed by atoms with Gasteiger partial charge in [0.05, 0.1) is 15.1 Å². The van der Waals surface area contributed by atoms with Crippen LogP contribution in [0, 0.1) is 0 Å². The van der Waals surface area contributed by atoms with E-state index in [9.17, 15) is 18.0 Å². The third-order valence-electron chi connectivity index (χ3n) is 3.89. The van der Waals surface area contributed by atoms with Gasteiger partial charge in [0.15, 0.2) is 4.34 Å². The molecular weight excluding hydrogens is 442 g/mol. The highest BCUT2D eigenvalue weighted by Gasteiger charge is 2.18. The number of hydrogen-bond donors (Lipinski definition) is 2. The smallest absolute Gasteiger partial charge is 0.264 e. The molecule has 30 heavy (non-hydrogen) atoms. The molecule has 3 rings (SSSR count). The number of sulfonamides is 1. The van der Waals surface area contributed by atoms with Gasteiger partial charge in [-0.15, -0.1) is 11.3 Å². The Morgan fingerprint density at radius 2 is 1.83 bits per heavy atom. The number of amides is 2. The number of anilines is 1. The first-order valence-corrected chi connectivity index (χ1v) is 12.1. The molecule has 0 aliphatic carbocycles. The molecule has 0 bridgehead atoms. The summed E-state index contributed by atoms with van der Waals surface area (Å²) in [4.78, 5) is 28.1. The van der Waals surface area contributed by atoms with Crippen LogP contribution in [0.25, 0.3) is 10.2 Å². The number of carbonyl (C=O) groups excluding carboxylic acids is 2. The van der Waals surface area contributed by atoms with Crippen LogP contribution < -0.4 is 10.0 Å². The lowest BCUT2D eigenvalue weighted by molar-refractivity contribution is -0.119. The monoisotopic (exact) mass is 461 g/mol. The van der Waals surface area contributed by atoms with Crippen LogP contribution in [0.5, 0.6) is 0 Å². The Morgan fingerprint density at radius 3 is 2.50 bits per heavy atom. The van der Waals surface area contributed by atoms with Gasteiger partial charge in [0, 0.05) is 23.4 Å². The van der Waals surface area contributed by atoms with Crippen molar-refractivity contribution in [2.45, 2.75) is 22.6 Å². The Morgan fingerprint density at radius 1 is 1.13 bits per heavy atom. The maximum Gasteiger partial charge on any atom is 0.264 e. The Hall–Kier alpha value is -2.69. The van der Waals surface area contributed by atoms with E-state index in [0.29, 0.717) is 17.0 Å². The topological polar surface area (TPSA) is 105 Å². The second-order valence-corrected chi connectivity index (χ2v) is 10.4. The first-order chi connectivity index (χ1) is 14.2. The summed E-state index contributed by atoms with van der Waals surface area (Å²) in [6.07, 6.45) is 0.0343. The van der Waals surface area contributed by atoms with E-state index in [1.165, 1.54) is 47.4 Å². The molecule has 0 saturated carbocycles. The van der Waals surface area contributed by atoms with Crippen LogP contribution in [0.2, 0.25) is 0 Å². The Kier molecular flexibility index (Phi) is 6.91. The van der Waals surface area contributed by atoms with Crippen molar-refractivity contribution >= 4 is 60.8 Å². The molecule has 2 N–H and O–H groups in total. The summed E-state index contributed by atoms with van der Waals surface area (Å²) in [6, 6.07) is 13.3. The second kappa shape index (κ2) is 9.41. The highest BCUT2D eigenvalue weighted by molar-refractivity contribution is 8.01. The van der Waals surface area contributed by atoms with Crippen molar-refractivity contribution in [2.24, 2.45) is 0 Å². The molecule has 1 aromatic heterocycles. The quantitative estimate of drug-likeness (QED) is 0.391. The Bertz CT molecular complexity index is 1170. The van der Waals surface area contributed by atoms with Gasteiger partial charge in [-0.3, -0.25) is 9.59 Å². The first-order valence-electron chi connectivity index (χ1n) is 8.85. The summed E-state index contributed by atoms with van der Waals surface area (Å²) < 4.78 is 28.7. The predicted octanol–water partition coefficient (Wildman–Crippen LogP) is 3.80. The molecule has 0 unspecified atom stereocenters. The van der Waals surface area contributed by atoms with Crippen LogP contribution in [-0.2, 0) is 19.6 Å². The number of aromatic nitrogens is 1. The van der Waals surface area contributed by atoms with Crippen molar-refractivity contribution in [2.75, 3.05) is 11.1 Å². The molecule has 1 heterocycles. The molecular formula is C20H19N3O4S3. The fourth-order valence-corrected chi connectivity index (χ4v) is 5.45. The number of nitrogens with one attached hydrogen (secondary N) is 2. The number of hydrogen-bond acceptors (Lipinski definition) is 7. The number of nitrogens with zero attached hydrogens (tertiary/aromatic N) is 1. The number of carbonyl (C=O) groups is 2. The Balaban J connectivity index is 1.53. The number of rotatable bonds is 8. The molecule has 2 aromatic carbocycles. The first kappa shape index (κ1) is 22.0. The van der Waals surface area contributed by atoms with Gasteiger partial charge in [0.25, 0.3) is 15.9 Å². The van der Waals surface area contributed by atoms with Crippen molar-refractivity contribution < 1.29 is 18.0 Å². The molecule has 2 amide bonds. The summed E-state index contributed by atoms with van der Waals surface area (Å²) in [5, 5.41) is 2.59. The summed E-state index contributed by atoms with van der Waals surface area (Å²) in [5.41, 5.74) is 1.67. The van der Waals surface area contributed by atoms with Crippen molar-refractivity contribution in [3.63, 3.8) is 0 Å². The largest absolute Gasteiger partial charge is 0.322 e. The predicted molar refractivity (Wildman–Crippen MR) is 120 cm³/mol. The molecule has 7 nitrogen and oxygen atoms in total. The third-order valence-corrected chi connectivity index (χ3v) is 7.46. The highest BCUT2D eigenvalue weighted by atomic mass is 32.2. The summed E-state index contributed by atoms with van der Waals surface area (Å²) in [6.45, 7) is 5.10. The highest BCUT2D eigenvalue weighted by Crippen LogP contribution is 2.29. The summed E-state index contributed by atoms with van der Waals surface area (Å²) in [5.74, 6) is -0.541. The zero-order valence-electron chi connectivity index (χ0n) is 16.0. The molecule has 0 atom stereocenters. The lowest BCUT2D eigenvalue weighted by Gasteiger charge is -2.08. The van der Waals surface area contributed by atoms with E-state index in [2.05, 4.69) is 21.6 Å². The minimum Gasteiger partial charge on any atom is -0.322 e. The van der Waals surface area contributed by atoms with Gasteiger partial charge in [-0.25, -0.2) is 18.1 Å². The van der Waals surface area contributed by atoms with E-state index >= 15 is 0 Å². The van der Waals surface area contributed by atoms with Crippen LogP contribution >= 0.6 is 23.1 Å². The molecule has 0 saturated heterocycles. The van der Waals surface area contributed by atoms with Gasteiger partial charge in [-0.1, -0.05) is 30.5 Å². The van der Waals surface area contributed by atoms with E-state index in [1.54, 1.807) is 6.92 Å². The summed E-state index contributed by atoms with van der Waals surface area (Å²) >= 11 is 2.94.